The monoisotopic (exact) mass is 668 g/mol. The molecule has 0 saturated carbocycles. The number of ether oxygens (including phenoxy) is 4. The molecule has 0 unspecified atom stereocenters. The number of hydrogen-bond donors (Lipinski definition) is 0. The van der Waals surface area contributed by atoms with Crippen molar-refractivity contribution in [1.82, 2.24) is 0 Å². The first-order valence-electron chi connectivity index (χ1n) is 16.6. The molecule has 252 valence electrons. The lowest BCUT2D eigenvalue weighted by Crippen LogP contribution is -2.10. The minimum atomic E-state index is -0.452. The van der Waals surface area contributed by atoms with Gasteiger partial charge in [0.2, 0.25) is 0 Å². The second kappa shape index (κ2) is 16.4. The van der Waals surface area contributed by atoms with E-state index >= 15 is 0 Å². The molecule has 0 bridgehead atoms. The predicted octanol–water partition coefficient (Wildman–Crippen LogP) is 8.73. The second-order valence-electron chi connectivity index (χ2n) is 11.9. The molecule has 0 aliphatic heterocycles. The number of fused-ring (bicyclic) bond motifs is 3. The van der Waals surface area contributed by atoms with E-state index in [2.05, 4.69) is 0 Å². The number of carbonyl (C=O) groups excluding carboxylic acids is 4. The molecule has 0 atom stereocenters. The van der Waals surface area contributed by atoms with Gasteiger partial charge in [0.15, 0.2) is 0 Å². The number of carbonyl (C=O) groups is 4. The normalized spacial score (nSPS) is 11.0. The summed E-state index contributed by atoms with van der Waals surface area (Å²) < 4.78 is 21.6. The highest BCUT2D eigenvalue weighted by molar-refractivity contribution is 5.99. The van der Waals surface area contributed by atoms with Crippen molar-refractivity contribution in [1.29, 1.82) is 0 Å². The zero-order valence-corrected chi connectivity index (χ0v) is 27.5. The first-order valence-corrected chi connectivity index (χ1v) is 16.6. The fourth-order valence-electron chi connectivity index (χ4n) is 5.53. The summed E-state index contributed by atoms with van der Waals surface area (Å²) in [7, 11) is 0. The Kier molecular flexibility index (Phi) is 11.1. The molecular weight excluding hydrogens is 632 g/mol. The predicted molar refractivity (Wildman–Crippen MR) is 191 cm³/mol. The standard InChI is InChI=1S/C42H36O8/c43-39(35-17-13-29-9-1-3-11-31(29)25-35)47-21-5-7-23-49-41(45)37-19-15-34-28-38(20-16-33(34)27-37)42(46)50-24-8-6-22-48-40(44)36-18-14-30-10-2-4-12-32(30)26-36/h1-4,9-20,25-28H,5-8,21-24H2. The summed E-state index contributed by atoms with van der Waals surface area (Å²) in [6.07, 6.45) is 2.21. The molecule has 0 N–H and O–H groups in total. The maximum atomic E-state index is 12.6. The van der Waals surface area contributed by atoms with E-state index in [1.165, 1.54) is 0 Å². The van der Waals surface area contributed by atoms with Crippen LogP contribution < -0.4 is 0 Å². The van der Waals surface area contributed by atoms with Crippen molar-refractivity contribution in [2.24, 2.45) is 0 Å². The molecular formula is C42H36O8. The molecule has 0 saturated heterocycles. The van der Waals surface area contributed by atoms with Crippen molar-refractivity contribution >= 4 is 56.2 Å². The van der Waals surface area contributed by atoms with Crippen molar-refractivity contribution in [2.75, 3.05) is 26.4 Å². The van der Waals surface area contributed by atoms with E-state index < -0.39 is 11.9 Å². The lowest BCUT2D eigenvalue weighted by atomic mass is 10.0. The van der Waals surface area contributed by atoms with Gasteiger partial charge in [0.25, 0.3) is 0 Å². The highest BCUT2D eigenvalue weighted by Crippen LogP contribution is 2.21. The molecule has 6 rings (SSSR count). The minimum absolute atomic E-state index is 0.196. The second-order valence-corrected chi connectivity index (χ2v) is 11.9. The Labute approximate surface area is 289 Å². The highest BCUT2D eigenvalue weighted by atomic mass is 16.5. The Morgan fingerprint density at radius 2 is 0.560 bits per heavy atom. The molecule has 0 aromatic heterocycles. The van der Waals surface area contributed by atoms with E-state index in [0.717, 1.165) is 32.3 Å². The van der Waals surface area contributed by atoms with E-state index in [1.54, 1.807) is 48.5 Å². The van der Waals surface area contributed by atoms with Crippen LogP contribution in [0.2, 0.25) is 0 Å². The van der Waals surface area contributed by atoms with Crippen molar-refractivity contribution in [2.45, 2.75) is 25.7 Å². The number of esters is 4. The Bertz CT molecular complexity index is 2010. The fourth-order valence-corrected chi connectivity index (χ4v) is 5.53. The van der Waals surface area contributed by atoms with E-state index in [0.29, 0.717) is 47.9 Å². The SMILES string of the molecule is O=C(OCCCCOC(=O)c1ccc2cc(C(=O)OCCCCOC(=O)c3ccc4ccccc4c3)ccc2c1)c1ccc2ccccc2c1. The van der Waals surface area contributed by atoms with Gasteiger partial charge in [-0.15, -0.1) is 0 Å². The number of benzene rings is 6. The van der Waals surface area contributed by atoms with E-state index in [9.17, 15) is 19.2 Å². The van der Waals surface area contributed by atoms with Gasteiger partial charge in [0, 0.05) is 0 Å². The van der Waals surface area contributed by atoms with Crippen LogP contribution in [-0.4, -0.2) is 50.3 Å². The molecule has 0 aliphatic carbocycles. The molecule has 0 aliphatic rings. The molecule has 0 fully saturated rings. The topological polar surface area (TPSA) is 105 Å². The largest absolute Gasteiger partial charge is 0.462 e. The zero-order valence-electron chi connectivity index (χ0n) is 27.5. The van der Waals surface area contributed by atoms with Gasteiger partial charge in [-0.05, 0) is 107 Å². The molecule has 0 radical (unpaired) electrons. The van der Waals surface area contributed by atoms with Crippen molar-refractivity contribution in [3.05, 3.63) is 144 Å². The minimum Gasteiger partial charge on any atom is -0.462 e. The lowest BCUT2D eigenvalue weighted by molar-refractivity contribution is 0.0432. The maximum absolute atomic E-state index is 12.6. The van der Waals surface area contributed by atoms with Gasteiger partial charge in [0.1, 0.15) is 0 Å². The summed E-state index contributed by atoms with van der Waals surface area (Å²) >= 11 is 0. The molecule has 0 amide bonds. The lowest BCUT2D eigenvalue weighted by Gasteiger charge is -2.09. The first kappa shape index (κ1) is 33.9. The molecule has 50 heavy (non-hydrogen) atoms. The third-order valence-corrected chi connectivity index (χ3v) is 8.29. The van der Waals surface area contributed by atoms with E-state index in [4.69, 9.17) is 18.9 Å². The number of hydrogen-bond acceptors (Lipinski definition) is 8. The van der Waals surface area contributed by atoms with E-state index in [1.807, 2.05) is 72.8 Å². The zero-order chi connectivity index (χ0) is 34.7. The summed E-state index contributed by atoms with van der Waals surface area (Å²) in [5.41, 5.74) is 1.80. The van der Waals surface area contributed by atoms with Crippen LogP contribution in [0.1, 0.15) is 67.1 Å². The Balaban J connectivity index is 0.874. The van der Waals surface area contributed by atoms with Gasteiger partial charge >= 0.3 is 23.9 Å². The Morgan fingerprint density at radius 1 is 0.320 bits per heavy atom. The van der Waals surface area contributed by atoms with Crippen molar-refractivity contribution in [3.8, 4) is 0 Å². The summed E-state index contributed by atoms with van der Waals surface area (Å²) in [6.45, 7) is 0.850. The molecule has 0 spiro atoms. The molecule has 6 aromatic carbocycles. The van der Waals surface area contributed by atoms with Crippen LogP contribution in [0.15, 0.2) is 121 Å². The van der Waals surface area contributed by atoms with Crippen LogP contribution in [-0.2, 0) is 18.9 Å². The third-order valence-electron chi connectivity index (χ3n) is 8.29. The van der Waals surface area contributed by atoms with Crippen LogP contribution in [0.5, 0.6) is 0 Å². The van der Waals surface area contributed by atoms with Crippen LogP contribution in [0.4, 0.5) is 0 Å². The van der Waals surface area contributed by atoms with Gasteiger partial charge < -0.3 is 18.9 Å². The highest BCUT2D eigenvalue weighted by Gasteiger charge is 2.13. The Hall–Kier alpha value is -6.02. The summed E-state index contributed by atoms with van der Waals surface area (Å²) in [6, 6.07) is 36.8. The van der Waals surface area contributed by atoms with Crippen LogP contribution in [0.25, 0.3) is 32.3 Å². The number of rotatable bonds is 14. The quantitative estimate of drug-likeness (QED) is 0.0645. The van der Waals surface area contributed by atoms with Gasteiger partial charge in [-0.2, -0.15) is 0 Å². The first-order chi connectivity index (χ1) is 24.4. The maximum Gasteiger partial charge on any atom is 0.338 e. The van der Waals surface area contributed by atoms with Gasteiger partial charge in [-0.1, -0.05) is 72.8 Å². The Morgan fingerprint density at radius 3 is 0.860 bits per heavy atom. The average Bonchev–Trinajstić information content (AvgIpc) is 3.16. The van der Waals surface area contributed by atoms with Gasteiger partial charge in [0.05, 0.1) is 48.7 Å². The summed E-state index contributed by atoms with van der Waals surface area (Å²) in [5.74, 6) is -1.67. The smallest absolute Gasteiger partial charge is 0.338 e. The molecule has 8 nitrogen and oxygen atoms in total. The van der Waals surface area contributed by atoms with Gasteiger partial charge in [-0.25, -0.2) is 19.2 Å². The van der Waals surface area contributed by atoms with E-state index in [-0.39, 0.29) is 38.4 Å². The van der Waals surface area contributed by atoms with Gasteiger partial charge in [-0.3, -0.25) is 0 Å². The fraction of sp³-hybridized carbons (Fsp3) is 0.190. The summed E-state index contributed by atoms with van der Waals surface area (Å²) in [5, 5.41) is 5.63. The van der Waals surface area contributed by atoms with Crippen LogP contribution in [0, 0.1) is 0 Å². The van der Waals surface area contributed by atoms with Crippen molar-refractivity contribution in [3.63, 3.8) is 0 Å². The van der Waals surface area contributed by atoms with Crippen molar-refractivity contribution < 1.29 is 38.1 Å². The molecule has 6 aromatic rings. The van der Waals surface area contributed by atoms with Crippen LogP contribution >= 0.6 is 0 Å². The summed E-state index contributed by atoms with van der Waals surface area (Å²) in [4.78, 5) is 50.1. The average molecular weight is 669 g/mol. The number of unbranched alkanes of at least 4 members (excludes halogenated alkanes) is 2. The molecule has 0 heterocycles. The third kappa shape index (κ3) is 8.71. The molecule has 8 heteroatoms. The van der Waals surface area contributed by atoms with Crippen LogP contribution in [0.3, 0.4) is 0 Å².